The normalized spacial score (nSPS) is 14.1. The molecule has 1 rings (SSSR count). The average molecular weight is 336 g/mol. The molecule has 0 heterocycles. The lowest BCUT2D eigenvalue weighted by molar-refractivity contribution is 0.0620. The fraction of sp³-hybridized carbons (Fsp3) is 0.500. The molecule has 84 valence electrons. The number of aliphatic hydroxyl groups is 1. The molecule has 0 aliphatic heterocycles. The summed E-state index contributed by atoms with van der Waals surface area (Å²) < 4.78 is 2.00. The first kappa shape index (κ1) is 13.2. The van der Waals surface area contributed by atoms with Crippen LogP contribution in [0.1, 0.15) is 38.0 Å². The average Bonchev–Trinajstić information content (AvgIpc) is 2.08. The van der Waals surface area contributed by atoms with Gasteiger partial charge in [0, 0.05) is 8.95 Å². The molecule has 0 saturated carbocycles. The molecular formula is C12H16Br2O. The third-order valence-corrected chi connectivity index (χ3v) is 3.93. The molecule has 0 amide bonds. The molecule has 15 heavy (non-hydrogen) atoms. The van der Waals surface area contributed by atoms with Gasteiger partial charge in [0.25, 0.3) is 0 Å². The van der Waals surface area contributed by atoms with Crippen LogP contribution in [0, 0.1) is 12.3 Å². The van der Waals surface area contributed by atoms with Crippen molar-refractivity contribution in [1.29, 1.82) is 0 Å². The second kappa shape index (κ2) is 4.56. The van der Waals surface area contributed by atoms with E-state index in [0.717, 1.165) is 20.1 Å². The molecule has 1 aromatic rings. The first-order valence-electron chi connectivity index (χ1n) is 4.87. The van der Waals surface area contributed by atoms with Gasteiger partial charge in [-0.3, -0.25) is 0 Å². The van der Waals surface area contributed by atoms with Gasteiger partial charge in [0.05, 0.1) is 6.10 Å². The van der Waals surface area contributed by atoms with Crippen molar-refractivity contribution in [3.05, 3.63) is 32.2 Å². The minimum atomic E-state index is -0.469. The van der Waals surface area contributed by atoms with Gasteiger partial charge in [0.2, 0.25) is 0 Å². The number of hydrogen-bond donors (Lipinski definition) is 1. The van der Waals surface area contributed by atoms with Gasteiger partial charge in [-0.1, -0.05) is 52.6 Å². The SMILES string of the molecule is Cc1cc(Br)c(C(O)C(C)(C)C)cc1Br. The van der Waals surface area contributed by atoms with Crippen molar-refractivity contribution in [3.63, 3.8) is 0 Å². The van der Waals surface area contributed by atoms with Crippen molar-refractivity contribution < 1.29 is 5.11 Å². The molecule has 1 unspecified atom stereocenters. The summed E-state index contributed by atoms with van der Waals surface area (Å²) in [5.41, 5.74) is 1.93. The molecule has 3 heteroatoms. The Morgan fingerprint density at radius 3 is 2.13 bits per heavy atom. The van der Waals surface area contributed by atoms with Crippen LogP contribution in [0.5, 0.6) is 0 Å². The lowest BCUT2D eigenvalue weighted by atomic mass is 9.84. The van der Waals surface area contributed by atoms with Gasteiger partial charge in [-0.05, 0) is 35.6 Å². The van der Waals surface area contributed by atoms with Gasteiger partial charge in [-0.2, -0.15) is 0 Å². The van der Waals surface area contributed by atoms with Crippen molar-refractivity contribution in [2.24, 2.45) is 5.41 Å². The zero-order valence-electron chi connectivity index (χ0n) is 9.44. The highest BCUT2D eigenvalue weighted by atomic mass is 79.9. The lowest BCUT2D eigenvalue weighted by Crippen LogP contribution is -2.18. The number of aliphatic hydroxyl groups excluding tert-OH is 1. The van der Waals surface area contributed by atoms with Gasteiger partial charge in [0.15, 0.2) is 0 Å². The van der Waals surface area contributed by atoms with Gasteiger partial charge >= 0.3 is 0 Å². The standard InChI is InChI=1S/C12H16Br2O/c1-7-5-10(14)8(6-9(7)13)11(15)12(2,3)4/h5-6,11,15H,1-4H3. The molecule has 0 aliphatic rings. The van der Waals surface area contributed by atoms with E-state index in [1.807, 2.05) is 39.8 Å². The Kier molecular flexibility index (Phi) is 4.01. The summed E-state index contributed by atoms with van der Waals surface area (Å²) in [6.45, 7) is 8.11. The van der Waals surface area contributed by atoms with E-state index in [-0.39, 0.29) is 5.41 Å². The number of rotatable bonds is 1. The van der Waals surface area contributed by atoms with E-state index >= 15 is 0 Å². The first-order chi connectivity index (χ1) is 6.73. The Balaban J connectivity index is 3.21. The quantitative estimate of drug-likeness (QED) is 0.795. The van der Waals surface area contributed by atoms with Crippen LogP contribution in [0.4, 0.5) is 0 Å². The smallest absolute Gasteiger partial charge is 0.0849 e. The molecular weight excluding hydrogens is 320 g/mol. The van der Waals surface area contributed by atoms with Crippen LogP contribution in [-0.4, -0.2) is 5.11 Å². The second-order valence-corrected chi connectivity index (χ2v) is 6.60. The maximum absolute atomic E-state index is 10.2. The van der Waals surface area contributed by atoms with Crippen molar-refractivity contribution in [2.75, 3.05) is 0 Å². The topological polar surface area (TPSA) is 20.2 Å². The van der Waals surface area contributed by atoms with Crippen LogP contribution in [0.25, 0.3) is 0 Å². The summed E-state index contributed by atoms with van der Waals surface area (Å²) in [7, 11) is 0. The Morgan fingerprint density at radius 1 is 1.13 bits per heavy atom. The van der Waals surface area contributed by atoms with E-state index in [4.69, 9.17) is 0 Å². The summed E-state index contributed by atoms with van der Waals surface area (Å²) in [5, 5.41) is 10.2. The van der Waals surface area contributed by atoms with Gasteiger partial charge in [0.1, 0.15) is 0 Å². The Morgan fingerprint density at radius 2 is 1.67 bits per heavy atom. The molecule has 1 aromatic carbocycles. The third kappa shape index (κ3) is 3.05. The monoisotopic (exact) mass is 334 g/mol. The number of benzene rings is 1. The van der Waals surface area contributed by atoms with E-state index in [1.165, 1.54) is 0 Å². The maximum atomic E-state index is 10.2. The summed E-state index contributed by atoms with van der Waals surface area (Å²) in [5.74, 6) is 0. The van der Waals surface area contributed by atoms with E-state index in [2.05, 4.69) is 31.9 Å². The van der Waals surface area contributed by atoms with Crippen LogP contribution >= 0.6 is 31.9 Å². The molecule has 1 N–H and O–H groups in total. The largest absolute Gasteiger partial charge is 0.388 e. The lowest BCUT2D eigenvalue weighted by Gasteiger charge is -2.27. The van der Waals surface area contributed by atoms with Crippen molar-refractivity contribution >= 4 is 31.9 Å². The molecule has 1 nitrogen and oxygen atoms in total. The van der Waals surface area contributed by atoms with Crippen LogP contribution in [-0.2, 0) is 0 Å². The molecule has 0 bridgehead atoms. The van der Waals surface area contributed by atoms with Crippen molar-refractivity contribution in [1.82, 2.24) is 0 Å². The van der Waals surface area contributed by atoms with E-state index in [0.29, 0.717) is 0 Å². The van der Waals surface area contributed by atoms with Crippen LogP contribution in [0.2, 0.25) is 0 Å². The van der Waals surface area contributed by atoms with Crippen LogP contribution in [0.3, 0.4) is 0 Å². The zero-order chi connectivity index (χ0) is 11.8. The predicted octanol–water partition coefficient (Wildman–Crippen LogP) is 4.60. The molecule has 0 aliphatic carbocycles. The zero-order valence-corrected chi connectivity index (χ0v) is 12.6. The fourth-order valence-corrected chi connectivity index (χ4v) is 2.37. The van der Waals surface area contributed by atoms with E-state index in [9.17, 15) is 5.11 Å². The van der Waals surface area contributed by atoms with Crippen molar-refractivity contribution in [2.45, 2.75) is 33.8 Å². The molecule has 0 radical (unpaired) electrons. The molecule has 0 spiro atoms. The first-order valence-corrected chi connectivity index (χ1v) is 6.45. The minimum absolute atomic E-state index is 0.156. The van der Waals surface area contributed by atoms with Gasteiger partial charge < -0.3 is 5.11 Å². The highest BCUT2D eigenvalue weighted by molar-refractivity contribution is 9.11. The highest BCUT2D eigenvalue weighted by Crippen LogP contribution is 2.38. The van der Waals surface area contributed by atoms with Crippen LogP contribution in [0.15, 0.2) is 21.1 Å². The molecule has 1 atom stereocenters. The third-order valence-electron chi connectivity index (χ3n) is 2.39. The highest BCUT2D eigenvalue weighted by Gasteiger charge is 2.25. The summed E-state index contributed by atoms with van der Waals surface area (Å²) in [6, 6.07) is 4.00. The van der Waals surface area contributed by atoms with Crippen molar-refractivity contribution in [3.8, 4) is 0 Å². The van der Waals surface area contributed by atoms with Gasteiger partial charge in [-0.25, -0.2) is 0 Å². The maximum Gasteiger partial charge on any atom is 0.0849 e. The summed E-state index contributed by atoms with van der Waals surface area (Å²) in [4.78, 5) is 0. The second-order valence-electron chi connectivity index (χ2n) is 4.89. The number of hydrogen-bond acceptors (Lipinski definition) is 1. The fourth-order valence-electron chi connectivity index (χ4n) is 1.34. The Hall–Kier alpha value is 0.140. The minimum Gasteiger partial charge on any atom is -0.388 e. The number of halogens is 2. The summed E-state index contributed by atoms with van der Waals surface area (Å²) >= 11 is 6.98. The van der Waals surface area contributed by atoms with E-state index < -0.39 is 6.10 Å². The summed E-state index contributed by atoms with van der Waals surface area (Å²) in [6.07, 6.45) is -0.469. The number of aryl methyl sites for hydroxylation is 1. The Labute approximate surface area is 108 Å². The molecule has 0 fully saturated rings. The predicted molar refractivity (Wildman–Crippen MR) is 71.0 cm³/mol. The molecule has 0 aromatic heterocycles. The van der Waals surface area contributed by atoms with Gasteiger partial charge in [-0.15, -0.1) is 0 Å². The molecule has 0 saturated heterocycles. The van der Waals surface area contributed by atoms with Crippen LogP contribution < -0.4 is 0 Å². The Bertz CT molecular complexity index is 367. The van der Waals surface area contributed by atoms with E-state index in [1.54, 1.807) is 0 Å².